The van der Waals surface area contributed by atoms with Crippen molar-refractivity contribution in [2.24, 2.45) is 11.8 Å². The van der Waals surface area contributed by atoms with Gasteiger partial charge in [0.2, 0.25) is 11.3 Å². The SMILES string of the molecule is CC(O)C1C(=O)N2C(C(=O)O)=C(CNC3CCN(c4nc5c(cc4F)c(=O)c(C(=O)O)cn5-c4ccc(F)cc4F)C3)C(C)C12. The fourth-order valence-corrected chi connectivity index (χ4v) is 6.70. The van der Waals surface area contributed by atoms with Crippen LogP contribution in [-0.4, -0.2) is 85.4 Å². The number of aliphatic carboxylic acids is 1. The van der Waals surface area contributed by atoms with Crippen LogP contribution in [0.4, 0.5) is 19.0 Å². The fourth-order valence-electron chi connectivity index (χ4n) is 6.70. The molecule has 2 fully saturated rings. The van der Waals surface area contributed by atoms with E-state index in [4.69, 9.17) is 0 Å². The summed E-state index contributed by atoms with van der Waals surface area (Å²) in [5, 5.41) is 32.3. The first-order valence-electron chi connectivity index (χ1n) is 14.2. The second kappa shape index (κ2) is 11.0. The van der Waals surface area contributed by atoms with Crippen LogP contribution in [0.1, 0.15) is 30.6 Å². The number of aromatic nitrogens is 2. The number of halogens is 3. The van der Waals surface area contributed by atoms with E-state index >= 15 is 4.39 Å². The number of nitrogens with zero attached hydrogens (tertiary/aromatic N) is 4. The van der Waals surface area contributed by atoms with Crippen molar-refractivity contribution >= 4 is 34.7 Å². The summed E-state index contributed by atoms with van der Waals surface area (Å²) in [4.78, 5) is 56.5. The third kappa shape index (κ3) is 4.82. The number of hydrogen-bond donors (Lipinski definition) is 4. The Labute approximate surface area is 253 Å². The molecule has 3 aliphatic heterocycles. The number of carboxylic acid groups (broad SMARTS) is 2. The van der Waals surface area contributed by atoms with Crippen LogP contribution in [0.15, 0.2) is 46.5 Å². The van der Waals surface area contributed by atoms with Gasteiger partial charge in [-0.1, -0.05) is 6.92 Å². The molecular weight excluding hydrogens is 599 g/mol. The third-order valence-corrected chi connectivity index (χ3v) is 8.90. The molecule has 4 N–H and O–H groups in total. The molecular formula is C30H28F3N5O7. The van der Waals surface area contributed by atoms with Crippen LogP contribution < -0.4 is 15.6 Å². The van der Waals surface area contributed by atoms with Gasteiger partial charge in [0.15, 0.2) is 17.3 Å². The Morgan fingerprint density at radius 2 is 1.84 bits per heavy atom. The molecule has 1 aromatic carbocycles. The summed E-state index contributed by atoms with van der Waals surface area (Å²) in [7, 11) is 0. The van der Waals surface area contributed by atoms with Gasteiger partial charge in [0, 0.05) is 43.9 Å². The number of nitrogens with one attached hydrogen (secondary N) is 1. The van der Waals surface area contributed by atoms with E-state index in [1.54, 1.807) is 11.8 Å². The van der Waals surface area contributed by atoms with Crippen molar-refractivity contribution in [2.75, 3.05) is 24.5 Å². The van der Waals surface area contributed by atoms with Crippen LogP contribution in [-0.2, 0) is 9.59 Å². The second-order valence-corrected chi connectivity index (χ2v) is 11.6. The second-order valence-electron chi connectivity index (χ2n) is 11.6. The Morgan fingerprint density at radius 1 is 1.11 bits per heavy atom. The predicted octanol–water partition coefficient (Wildman–Crippen LogP) is 1.87. The molecule has 0 radical (unpaired) electrons. The van der Waals surface area contributed by atoms with Gasteiger partial charge in [0.05, 0.1) is 29.1 Å². The Hall–Kier alpha value is -4.76. The number of carbonyl (C=O) groups is 3. The Morgan fingerprint density at radius 3 is 2.49 bits per heavy atom. The van der Waals surface area contributed by atoms with Gasteiger partial charge in [-0.25, -0.2) is 27.7 Å². The molecule has 1 amide bonds. The summed E-state index contributed by atoms with van der Waals surface area (Å²) in [5.74, 6) is -7.35. The maximum Gasteiger partial charge on any atom is 0.352 e. The van der Waals surface area contributed by atoms with Crippen LogP contribution in [0.3, 0.4) is 0 Å². The van der Waals surface area contributed by atoms with E-state index in [2.05, 4.69) is 10.3 Å². The third-order valence-electron chi connectivity index (χ3n) is 8.90. The molecule has 0 saturated carbocycles. The summed E-state index contributed by atoms with van der Waals surface area (Å²) < 4.78 is 44.9. The number of β-lactam (4-membered cyclic amide) rings is 1. The summed E-state index contributed by atoms with van der Waals surface area (Å²) in [6.07, 6.45) is 0.421. The van der Waals surface area contributed by atoms with Gasteiger partial charge in [-0.05, 0) is 37.1 Å². The lowest BCUT2D eigenvalue weighted by Crippen LogP contribution is -2.63. The monoisotopic (exact) mass is 627 g/mol. The van der Waals surface area contributed by atoms with E-state index in [1.807, 2.05) is 0 Å². The molecule has 15 heteroatoms. The highest BCUT2D eigenvalue weighted by atomic mass is 19.1. The molecule has 2 saturated heterocycles. The zero-order valence-electron chi connectivity index (χ0n) is 24.0. The number of aliphatic hydroxyl groups is 1. The molecule has 0 aliphatic carbocycles. The largest absolute Gasteiger partial charge is 0.477 e. The minimum atomic E-state index is -1.62. The van der Waals surface area contributed by atoms with E-state index in [9.17, 15) is 43.3 Å². The van der Waals surface area contributed by atoms with Crippen LogP contribution in [0.5, 0.6) is 0 Å². The summed E-state index contributed by atoms with van der Waals surface area (Å²) in [5.41, 5.74) is -1.91. The summed E-state index contributed by atoms with van der Waals surface area (Å²) in [6.45, 7) is 3.94. The molecule has 45 heavy (non-hydrogen) atoms. The molecule has 5 unspecified atom stereocenters. The molecule has 3 aliphatic rings. The lowest BCUT2D eigenvalue weighted by molar-refractivity contribution is -0.163. The van der Waals surface area contributed by atoms with Crippen molar-refractivity contribution in [1.29, 1.82) is 0 Å². The minimum absolute atomic E-state index is 0.106. The fraction of sp³-hybridized carbons (Fsp3) is 0.367. The first-order chi connectivity index (χ1) is 21.3. The number of fused-ring (bicyclic) bond motifs is 2. The molecule has 5 heterocycles. The number of carboxylic acids is 2. The number of aliphatic hydroxyl groups excluding tert-OH is 1. The van der Waals surface area contributed by atoms with E-state index < -0.39 is 69.7 Å². The van der Waals surface area contributed by atoms with Crippen molar-refractivity contribution in [1.82, 2.24) is 19.8 Å². The zero-order chi connectivity index (χ0) is 32.5. The van der Waals surface area contributed by atoms with Gasteiger partial charge in [0.1, 0.15) is 22.9 Å². The Kier molecular flexibility index (Phi) is 7.40. The average Bonchev–Trinajstić information content (AvgIpc) is 3.52. The lowest BCUT2D eigenvalue weighted by Gasteiger charge is -2.46. The number of carbonyl (C=O) groups excluding carboxylic acids is 1. The summed E-state index contributed by atoms with van der Waals surface area (Å²) >= 11 is 0. The van der Waals surface area contributed by atoms with Crippen LogP contribution in [0, 0.1) is 29.3 Å². The highest BCUT2D eigenvalue weighted by Crippen LogP contribution is 2.47. The lowest BCUT2D eigenvalue weighted by atomic mass is 9.77. The number of rotatable bonds is 8. The van der Waals surface area contributed by atoms with E-state index in [1.165, 1.54) is 11.8 Å². The highest BCUT2D eigenvalue weighted by Gasteiger charge is 2.59. The van der Waals surface area contributed by atoms with Crippen molar-refractivity contribution < 1.29 is 42.9 Å². The predicted molar refractivity (Wildman–Crippen MR) is 152 cm³/mol. The zero-order valence-corrected chi connectivity index (χ0v) is 24.0. The highest BCUT2D eigenvalue weighted by molar-refractivity contribution is 6.00. The van der Waals surface area contributed by atoms with E-state index in [-0.39, 0.29) is 47.9 Å². The first-order valence-corrected chi connectivity index (χ1v) is 14.2. The van der Waals surface area contributed by atoms with E-state index in [0.717, 1.165) is 29.0 Å². The number of aromatic carboxylic acids is 1. The maximum atomic E-state index is 15.5. The first kappa shape index (κ1) is 30.3. The quantitative estimate of drug-likeness (QED) is 0.271. The van der Waals surface area contributed by atoms with Gasteiger partial charge in [0.25, 0.3) is 0 Å². The molecule has 0 bridgehead atoms. The molecule has 2 aromatic heterocycles. The van der Waals surface area contributed by atoms with E-state index in [0.29, 0.717) is 24.6 Å². The normalized spacial score (nSPS) is 23.5. The Balaban J connectivity index is 1.29. The summed E-state index contributed by atoms with van der Waals surface area (Å²) in [6, 6.07) is 2.70. The molecule has 236 valence electrons. The van der Waals surface area contributed by atoms with Gasteiger partial charge in [-0.3, -0.25) is 14.2 Å². The molecule has 3 aromatic rings. The van der Waals surface area contributed by atoms with Crippen LogP contribution in [0.25, 0.3) is 16.7 Å². The van der Waals surface area contributed by atoms with Gasteiger partial charge in [-0.15, -0.1) is 0 Å². The number of benzene rings is 1. The molecule has 5 atom stereocenters. The van der Waals surface area contributed by atoms with Crippen molar-refractivity contribution in [2.45, 2.75) is 38.5 Å². The number of hydrogen-bond acceptors (Lipinski definition) is 8. The average molecular weight is 628 g/mol. The van der Waals surface area contributed by atoms with Crippen molar-refractivity contribution in [3.63, 3.8) is 0 Å². The standard InChI is InChI=1S/C30H28F3N5O7/c1-12-17(24(30(44)45)38-23(12)22(13(2)39)28(38)41)9-34-15-5-6-36(10-15)27-20(33)8-16-25(40)18(29(42)43)11-37(26(16)35-27)21-4-3-14(31)7-19(21)32/h3-4,7-8,11-13,15,22-23,34,39H,5-6,9-10H2,1-2H3,(H,42,43)(H,44,45). The van der Waals surface area contributed by atoms with Gasteiger partial charge >= 0.3 is 11.9 Å². The van der Waals surface area contributed by atoms with Crippen molar-refractivity contribution in [3.05, 3.63) is 75.0 Å². The van der Waals surface area contributed by atoms with Gasteiger partial charge in [-0.2, -0.15) is 0 Å². The number of anilines is 1. The minimum Gasteiger partial charge on any atom is -0.477 e. The number of amides is 1. The number of pyridine rings is 2. The Bertz CT molecular complexity index is 1880. The van der Waals surface area contributed by atoms with Crippen LogP contribution >= 0.6 is 0 Å². The van der Waals surface area contributed by atoms with Crippen LogP contribution in [0.2, 0.25) is 0 Å². The van der Waals surface area contributed by atoms with Crippen molar-refractivity contribution in [3.8, 4) is 5.69 Å². The van der Waals surface area contributed by atoms with Gasteiger partial charge < -0.3 is 30.4 Å². The smallest absolute Gasteiger partial charge is 0.352 e. The maximum absolute atomic E-state index is 15.5. The molecule has 6 rings (SSSR count). The molecule has 12 nitrogen and oxygen atoms in total. The topological polar surface area (TPSA) is 165 Å². The molecule has 0 spiro atoms.